The van der Waals surface area contributed by atoms with Crippen LogP contribution in [-0.2, 0) is 4.79 Å². The van der Waals surface area contributed by atoms with E-state index in [0.29, 0.717) is 0 Å². The third-order valence-corrected chi connectivity index (χ3v) is 3.73. The van der Waals surface area contributed by atoms with Crippen LogP contribution in [0.3, 0.4) is 0 Å². The number of nitrogens with zero attached hydrogens (tertiary/aromatic N) is 1. The molecule has 2 rings (SSSR count). The Balaban J connectivity index is 1.84. The molecule has 3 heteroatoms. The zero-order chi connectivity index (χ0) is 14.9. The predicted octanol–water partition coefficient (Wildman–Crippen LogP) is 3.89. The topological polar surface area (TPSA) is 29.5 Å². The SMILES string of the molecule is CCCCOc1ccc(/C=C/C(=O)N2CCCCC2)cc1. The summed E-state index contributed by atoms with van der Waals surface area (Å²) in [6, 6.07) is 7.89. The highest BCUT2D eigenvalue weighted by molar-refractivity contribution is 5.91. The van der Waals surface area contributed by atoms with Gasteiger partial charge in [-0.2, -0.15) is 0 Å². The van der Waals surface area contributed by atoms with Gasteiger partial charge in [-0.1, -0.05) is 25.5 Å². The smallest absolute Gasteiger partial charge is 0.246 e. The fourth-order valence-electron chi connectivity index (χ4n) is 2.40. The number of amides is 1. The normalized spacial score (nSPS) is 15.4. The van der Waals surface area contributed by atoms with Crippen molar-refractivity contribution in [3.63, 3.8) is 0 Å². The molecule has 0 N–H and O–H groups in total. The zero-order valence-electron chi connectivity index (χ0n) is 12.9. The van der Waals surface area contributed by atoms with Gasteiger partial charge in [0.05, 0.1) is 6.61 Å². The fourth-order valence-corrected chi connectivity index (χ4v) is 2.40. The molecule has 1 fully saturated rings. The number of piperidine rings is 1. The summed E-state index contributed by atoms with van der Waals surface area (Å²) in [5.74, 6) is 1.01. The van der Waals surface area contributed by atoms with Crippen molar-refractivity contribution in [2.24, 2.45) is 0 Å². The van der Waals surface area contributed by atoms with Crippen molar-refractivity contribution < 1.29 is 9.53 Å². The number of likely N-dealkylation sites (tertiary alicyclic amines) is 1. The monoisotopic (exact) mass is 287 g/mol. The second-order valence-electron chi connectivity index (χ2n) is 5.49. The number of rotatable bonds is 6. The summed E-state index contributed by atoms with van der Waals surface area (Å²) in [5.41, 5.74) is 1.03. The van der Waals surface area contributed by atoms with Gasteiger partial charge in [-0.25, -0.2) is 0 Å². The molecule has 1 heterocycles. The average Bonchev–Trinajstić information content (AvgIpc) is 2.55. The van der Waals surface area contributed by atoms with E-state index in [4.69, 9.17) is 4.74 Å². The van der Waals surface area contributed by atoms with Gasteiger partial charge in [0.1, 0.15) is 5.75 Å². The van der Waals surface area contributed by atoms with Crippen LogP contribution in [0.5, 0.6) is 5.75 Å². The fraction of sp³-hybridized carbons (Fsp3) is 0.500. The van der Waals surface area contributed by atoms with Crippen LogP contribution in [-0.4, -0.2) is 30.5 Å². The van der Waals surface area contributed by atoms with Gasteiger partial charge in [0.25, 0.3) is 0 Å². The van der Waals surface area contributed by atoms with Gasteiger partial charge in [0, 0.05) is 19.2 Å². The van der Waals surface area contributed by atoms with Crippen molar-refractivity contribution in [2.45, 2.75) is 39.0 Å². The Kier molecular flexibility index (Phi) is 6.32. The zero-order valence-corrected chi connectivity index (χ0v) is 12.9. The number of ether oxygens (including phenoxy) is 1. The molecule has 0 aromatic heterocycles. The van der Waals surface area contributed by atoms with Crippen LogP contribution in [0.2, 0.25) is 0 Å². The van der Waals surface area contributed by atoms with Gasteiger partial charge < -0.3 is 9.64 Å². The molecule has 1 aromatic rings. The quantitative estimate of drug-likeness (QED) is 0.587. The van der Waals surface area contributed by atoms with Gasteiger partial charge in [-0.15, -0.1) is 0 Å². The van der Waals surface area contributed by atoms with Crippen LogP contribution in [0.25, 0.3) is 6.08 Å². The van der Waals surface area contributed by atoms with E-state index < -0.39 is 0 Å². The van der Waals surface area contributed by atoms with E-state index >= 15 is 0 Å². The molecular weight excluding hydrogens is 262 g/mol. The first-order valence-corrected chi connectivity index (χ1v) is 7.99. The van der Waals surface area contributed by atoms with Crippen molar-refractivity contribution in [3.8, 4) is 5.75 Å². The first-order valence-electron chi connectivity index (χ1n) is 7.99. The summed E-state index contributed by atoms with van der Waals surface area (Å²) in [4.78, 5) is 14.0. The van der Waals surface area contributed by atoms with Crippen LogP contribution in [0, 0.1) is 0 Å². The van der Waals surface area contributed by atoms with Crippen LogP contribution in [0.1, 0.15) is 44.6 Å². The first kappa shape index (κ1) is 15.6. The molecule has 0 aliphatic carbocycles. The lowest BCUT2D eigenvalue weighted by Crippen LogP contribution is -2.34. The molecule has 114 valence electrons. The maximum Gasteiger partial charge on any atom is 0.246 e. The van der Waals surface area contributed by atoms with E-state index in [1.54, 1.807) is 6.08 Å². The van der Waals surface area contributed by atoms with E-state index in [-0.39, 0.29) is 5.91 Å². The van der Waals surface area contributed by atoms with Gasteiger partial charge in [0.2, 0.25) is 5.91 Å². The Bertz CT molecular complexity index is 459. The standard InChI is InChI=1S/C18H25NO2/c1-2-3-15-21-17-10-7-16(8-11-17)9-12-18(20)19-13-5-4-6-14-19/h7-12H,2-6,13-15H2,1H3/b12-9+. The average molecular weight is 287 g/mol. The number of carbonyl (C=O) groups excluding carboxylic acids is 1. The minimum absolute atomic E-state index is 0.123. The van der Waals surface area contributed by atoms with Gasteiger partial charge in [-0.05, 0) is 49.5 Å². The van der Waals surface area contributed by atoms with E-state index in [1.165, 1.54) is 6.42 Å². The van der Waals surface area contributed by atoms with Crippen molar-refractivity contribution in [2.75, 3.05) is 19.7 Å². The lowest BCUT2D eigenvalue weighted by atomic mass is 10.1. The molecule has 1 amide bonds. The highest BCUT2D eigenvalue weighted by Gasteiger charge is 2.13. The van der Waals surface area contributed by atoms with Crippen LogP contribution >= 0.6 is 0 Å². The van der Waals surface area contributed by atoms with Gasteiger partial charge in [0.15, 0.2) is 0 Å². The number of hydrogen-bond acceptors (Lipinski definition) is 2. The third kappa shape index (κ3) is 5.25. The summed E-state index contributed by atoms with van der Waals surface area (Å²) < 4.78 is 5.62. The molecule has 1 aliphatic heterocycles. The Morgan fingerprint density at radius 1 is 1.19 bits per heavy atom. The lowest BCUT2D eigenvalue weighted by molar-refractivity contribution is -0.126. The molecule has 0 bridgehead atoms. The van der Waals surface area contributed by atoms with Crippen LogP contribution in [0.4, 0.5) is 0 Å². The maximum absolute atomic E-state index is 12.0. The maximum atomic E-state index is 12.0. The Hall–Kier alpha value is -1.77. The lowest BCUT2D eigenvalue weighted by Gasteiger charge is -2.25. The van der Waals surface area contributed by atoms with Gasteiger partial charge in [-0.3, -0.25) is 4.79 Å². The molecule has 1 aromatic carbocycles. The predicted molar refractivity (Wildman–Crippen MR) is 86.3 cm³/mol. The second kappa shape index (κ2) is 8.50. The Morgan fingerprint density at radius 3 is 2.57 bits per heavy atom. The summed E-state index contributed by atoms with van der Waals surface area (Å²) in [5, 5.41) is 0. The van der Waals surface area contributed by atoms with Crippen molar-refractivity contribution in [1.82, 2.24) is 4.90 Å². The summed E-state index contributed by atoms with van der Waals surface area (Å²) >= 11 is 0. The molecule has 0 spiro atoms. The number of hydrogen-bond donors (Lipinski definition) is 0. The largest absolute Gasteiger partial charge is 0.494 e. The van der Waals surface area contributed by atoms with E-state index in [2.05, 4.69) is 6.92 Å². The molecule has 0 atom stereocenters. The first-order chi connectivity index (χ1) is 10.3. The van der Waals surface area contributed by atoms with E-state index in [0.717, 1.165) is 56.7 Å². The number of benzene rings is 1. The Morgan fingerprint density at radius 2 is 1.90 bits per heavy atom. The highest BCUT2D eigenvalue weighted by atomic mass is 16.5. The van der Waals surface area contributed by atoms with E-state index in [9.17, 15) is 4.79 Å². The summed E-state index contributed by atoms with van der Waals surface area (Å²) in [6.07, 6.45) is 9.27. The van der Waals surface area contributed by atoms with Gasteiger partial charge >= 0.3 is 0 Å². The van der Waals surface area contributed by atoms with Crippen molar-refractivity contribution in [1.29, 1.82) is 0 Å². The second-order valence-corrected chi connectivity index (χ2v) is 5.49. The third-order valence-electron chi connectivity index (χ3n) is 3.73. The molecule has 3 nitrogen and oxygen atoms in total. The van der Waals surface area contributed by atoms with E-state index in [1.807, 2.05) is 35.2 Å². The molecule has 0 saturated carbocycles. The highest BCUT2D eigenvalue weighted by Crippen LogP contribution is 2.14. The molecule has 1 aliphatic rings. The summed E-state index contributed by atoms with van der Waals surface area (Å²) in [7, 11) is 0. The molecule has 0 radical (unpaired) electrons. The van der Waals surface area contributed by atoms with Crippen molar-refractivity contribution in [3.05, 3.63) is 35.9 Å². The minimum Gasteiger partial charge on any atom is -0.494 e. The molecule has 0 unspecified atom stereocenters. The molecule has 21 heavy (non-hydrogen) atoms. The summed E-state index contributed by atoms with van der Waals surface area (Å²) in [6.45, 7) is 4.70. The number of unbranched alkanes of at least 4 members (excludes halogenated alkanes) is 1. The minimum atomic E-state index is 0.123. The van der Waals surface area contributed by atoms with Crippen molar-refractivity contribution >= 4 is 12.0 Å². The van der Waals surface area contributed by atoms with Crippen LogP contribution in [0.15, 0.2) is 30.3 Å². The molecular formula is C18H25NO2. The number of carbonyl (C=O) groups is 1. The molecule has 1 saturated heterocycles. The Labute approximate surface area is 127 Å². The van der Waals surface area contributed by atoms with Crippen LogP contribution < -0.4 is 4.74 Å².